The molecule has 1 saturated carbocycles. The molecular formula is C29H31N6NaO7S. The zero-order valence-electron chi connectivity index (χ0n) is 25.1. The van der Waals surface area contributed by atoms with Gasteiger partial charge in [-0.05, 0) is 80.9 Å². The molecule has 3 aliphatic heterocycles. The van der Waals surface area contributed by atoms with Gasteiger partial charge in [0, 0.05) is 23.2 Å². The zero-order valence-corrected chi connectivity index (χ0v) is 26.9. The molecule has 0 bridgehead atoms. The van der Waals surface area contributed by atoms with E-state index in [9.17, 15) is 29.4 Å². The molecule has 2 saturated heterocycles. The van der Waals surface area contributed by atoms with Crippen LogP contribution >= 0.6 is 11.3 Å². The Bertz CT molecular complexity index is 1590. The first-order valence-electron chi connectivity index (χ1n) is 14.1. The van der Waals surface area contributed by atoms with Crippen molar-refractivity contribution in [3.05, 3.63) is 58.3 Å². The number of nitrogens with one attached hydrogen (secondary N) is 1. The molecule has 0 radical (unpaired) electrons. The van der Waals surface area contributed by atoms with E-state index >= 15 is 0 Å². The topological polar surface area (TPSA) is 188 Å². The molecule has 2 aromatic rings. The summed E-state index contributed by atoms with van der Waals surface area (Å²) in [6.07, 6.45) is 6.25. The number of hydrogen-bond acceptors (Lipinski definition) is 10. The largest absolute Gasteiger partial charge is 1.00 e. The van der Waals surface area contributed by atoms with Crippen molar-refractivity contribution in [3.63, 3.8) is 0 Å². The molecule has 6 rings (SSSR count). The fraction of sp³-hybridized carbons (Fsp3) is 0.379. The van der Waals surface area contributed by atoms with E-state index in [0.29, 0.717) is 42.6 Å². The maximum atomic E-state index is 13.3. The second kappa shape index (κ2) is 13.1. The average Bonchev–Trinajstić information content (AvgIpc) is 3.75. The number of nitrogens with two attached hydrogens (primary N) is 1. The molecule has 0 spiro atoms. The molecule has 226 valence electrons. The molecule has 13 nitrogen and oxygen atoms in total. The number of phenolic OH excluding ortho intramolecular Hbond substituents is 1. The van der Waals surface area contributed by atoms with Gasteiger partial charge in [0.2, 0.25) is 0 Å². The summed E-state index contributed by atoms with van der Waals surface area (Å²) in [5, 5.41) is 28.3. The number of carboxylic acids is 1. The summed E-state index contributed by atoms with van der Waals surface area (Å²) in [6, 6.07) is 4.72. The van der Waals surface area contributed by atoms with Crippen LogP contribution in [-0.4, -0.2) is 74.2 Å². The number of aromatic nitrogens is 1. The summed E-state index contributed by atoms with van der Waals surface area (Å²) in [5.74, 6) is -2.70. The predicted octanol–water partition coefficient (Wildman–Crippen LogP) is -0.598. The molecule has 1 aromatic heterocycles. The van der Waals surface area contributed by atoms with E-state index in [1.807, 2.05) is 0 Å². The van der Waals surface area contributed by atoms with Gasteiger partial charge in [0.05, 0.1) is 6.04 Å². The number of amides is 3. The van der Waals surface area contributed by atoms with Crippen LogP contribution < -0.4 is 45.5 Å². The Morgan fingerprint density at radius 3 is 2.55 bits per heavy atom. The van der Waals surface area contributed by atoms with Crippen LogP contribution in [0.1, 0.15) is 52.1 Å². The van der Waals surface area contributed by atoms with Gasteiger partial charge in [-0.15, -0.1) is 11.3 Å². The van der Waals surface area contributed by atoms with Crippen molar-refractivity contribution >= 4 is 51.6 Å². The summed E-state index contributed by atoms with van der Waals surface area (Å²) in [6.45, 7) is 0.406. The van der Waals surface area contributed by atoms with Crippen molar-refractivity contribution in [2.24, 2.45) is 5.16 Å². The number of nitrogens with zero attached hydrogens (tertiary/aromatic N) is 4. The predicted molar refractivity (Wildman–Crippen MR) is 157 cm³/mol. The van der Waals surface area contributed by atoms with Gasteiger partial charge >= 0.3 is 35.5 Å². The second-order valence-electron chi connectivity index (χ2n) is 10.9. The summed E-state index contributed by atoms with van der Waals surface area (Å²) < 4.78 is 0. The number of nitrogen functional groups attached to an aromatic ring is 1. The van der Waals surface area contributed by atoms with E-state index in [-0.39, 0.29) is 71.0 Å². The first kappa shape index (κ1) is 31.7. The van der Waals surface area contributed by atoms with Crippen LogP contribution in [0.25, 0.3) is 0 Å². The third-order valence-electron chi connectivity index (χ3n) is 8.17. The van der Waals surface area contributed by atoms with Crippen LogP contribution in [0, 0.1) is 0 Å². The monoisotopic (exact) mass is 630 g/mol. The third-order valence-corrected chi connectivity index (χ3v) is 8.85. The fourth-order valence-corrected chi connectivity index (χ4v) is 6.55. The number of rotatable bonds is 8. The molecule has 1 aliphatic carbocycles. The number of thiazole rings is 1. The van der Waals surface area contributed by atoms with Gasteiger partial charge in [0.1, 0.15) is 29.3 Å². The SMILES string of the molecule is Nc1nc(/C(=N/OC2CCCC2)C(=O)N[C@@H]2C(=O)N3C(C(=O)O)=C(C=C4CCN(c5ccc(O)cc5)C4=O)CC[C@H]23)cs1.[H-].[Na+]. The van der Waals surface area contributed by atoms with Crippen molar-refractivity contribution < 1.29 is 65.2 Å². The number of carbonyl (C=O) groups is 4. The quantitative estimate of drug-likeness (QED) is 0.0971. The zero-order chi connectivity index (χ0) is 30.2. The van der Waals surface area contributed by atoms with Gasteiger partial charge in [-0.25, -0.2) is 9.78 Å². The summed E-state index contributed by atoms with van der Waals surface area (Å²) in [4.78, 5) is 64.6. The third kappa shape index (κ3) is 6.11. The number of hydrogen-bond donors (Lipinski definition) is 4. The molecule has 4 aliphatic rings. The van der Waals surface area contributed by atoms with E-state index in [4.69, 9.17) is 10.6 Å². The van der Waals surface area contributed by atoms with Crippen molar-refractivity contribution in [3.8, 4) is 5.75 Å². The van der Waals surface area contributed by atoms with E-state index in [0.717, 1.165) is 37.0 Å². The second-order valence-corrected chi connectivity index (χ2v) is 11.7. The number of β-lactam (4-membered cyclic amide) rings is 1. The number of phenols is 1. The molecule has 3 fully saturated rings. The molecule has 4 heterocycles. The Morgan fingerprint density at radius 2 is 1.89 bits per heavy atom. The molecule has 15 heteroatoms. The van der Waals surface area contributed by atoms with Crippen LogP contribution in [0.2, 0.25) is 0 Å². The average molecular weight is 631 g/mol. The number of benzene rings is 1. The van der Waals surface area contributed by atoms with Crippen LogP contribution in [-0.2, 0) is 24.0 Å². The molecule has 5 N–H and O–H groups in total. The number of aliphatic carboxylic acids is 1. The van der Waals surface area contributed by atoms with Gasteiger partial charge in [-0.3, -0.25) is 19.3 Å². The number of fused-ring (bicyclic) bond motifs is 1. The standard InChI is InChI=1S/C29H30N6O7S.Na.H/c30-29-31-20(14-43-29)22(33-42-19-3-1-2-4-19)25(37)32-23-21-10-5-15(24(28(40)41)35(21)27(23)39)13-16-11-12-34(26(16)38)17-6-8-18(36)9-7-17;;/h6-9,13-14,19,21,23,36H,1-5,10-12H2,(H2,30,31)(H,32,37)(H,40,41);;/q;+1;-1/b16-13?,33-22-;;/t21-,23+;;/m1../s1. The maximum absolute atomic E-state index is 13.3. The number of aromatic hydroxyl groups is 1. The van der Waals surface area contributed by atoms with E-state index < -0.39 is 29.9 Å². The molecule has 44 heavy (non-hydrogen) atoms. The minimum Gasteiger partial charge on any atom is -1.00 e. The van der Waals surface area contributed by atoms with Gasteiger partial charge in [0.25, 0.3) is 17.7 Å². The van der Waals surface area contributed by atoms with Crippen LogP contribution in [0.15, 0.2) is 57.7 Å². The van der Waals surface area contributed by atoms with Crippen molar-refractivity contribution in [2.75, 3.05) is 17.2 Å². The Labute approximate surface area is 280 Å². The normalized spacial score (nSPS) is 23.0. The Hall–Kier alpha value is -3.72. The molecule has 3 amide bonds. The molecule has 2 atom stereocenters. The summed E-state index contributed by atoms with van der Waals surface area (Å²) in [5.41, 5.74) is 7.14. The Morgan fingerprint density at radius 1 is 1.16 bits per heavy atom. The molecule has 0 unspecified atom stereocenters. The number of carbonyl (C=O) groups excluding carboxylic acids is 3. The minimum absolute atomic E-state index is 0. The fourth-order valence-electron chi connectivity index (χ4n) is 6.00. The summed E-state index contributed by atoms with van der Waals surface area (Å²) in [7, 11) is 0. The summed E-state index contributed by atoms with van der Waals surface area (Å²) >= 11 is 1.14. The van der Waals surface area contributed by atoms with Crippen LogP contribution in [0.4, 0.5) is 10.8 Å². The van der Waals surface area contributed by atoms with Gasteiger partial charge in [0.15, 0.2) is 10.8 Å². The first-order chi connectivity index (χ1) is 20.7. The van der Waals surface area contributed by atoms with Gasteiger partial charge in [-0.2, -0.15) is 0 Å². The van der Waals surface area contributed by atoms with Crippen LogP contribution in [0.3, 0.4) is 0 Å². The van der Waals surface area contributed by atoms with E-state index in [1.165, 1.54) is 17.0 Å². The van der Waals surface area contributed by atoms with E-state index in [1.54, 1.807) is 28.5 Å². The Balaban J connectivity index is 0.00000230. The minimum atomic E-state index is -1.29. The number of anilines is 2. The van der Waals surface area contributed by atoms with Crippen LogP contribution in [0.5, 0.6) is 5.75 Å². The molecule has 1 aromatic carbocycles. The number of oxime groups is 1. The van der Waals surface area contributed by atoms with Gasteiger partial charge < -0.3 is 32.4 Å². The van der Waals surface area contributed by atoms with Crippen molar-refractivity contribution in [2.45, 2.75) is 63.1 Å². The van der Waals surface area contributed by atoms with Gasteiger partial charge in [-0.1, -0.05) is 5.16 Å². The Kier molecular flexibility index (Phi) is 9.44. The van der Waals surface area contributed by atoms with Crippen molar-refractivity contribution in [1.29, 1.82) is 0 Å². The maximum Gasteiger partial charge on any atom is 1.00 e. The first-order valence-corrected chi connectivity index (χ1v) is 15.0. The number of carboxylic acid groups (broad SMARTS) is 1. The molecular weight excluding hydrogens is 599 g/mol. The van der Waals surface area contributed by atoms with E-state index in [2.05, 4.69) is 15.5 Å². The van der Waals surface area contributed by atoms with Crippen molar-refractivity contribution in [1.82, 2.24) is 15.2 Å². The number of allylic oxidation sites excluding steroid dienone is 2. The smallest absolute Gasteiger partial charge is 1.00 e.